The number of fused-ring (bicyclic) bond motifs is 2. The number of ketones is 1. The van der Waals surface area contributed by atoms with Gasteiger partial charge in [-0.1, -0.05) is 25.1 Å². The summed E-state index contributed by atoms with van der Waals surface area (Å²) in [7, 11) is 1.31. The van der Waals surface area contributed by atoms with E-state index in [2.05, 4.69) is 0 Å². The maximum absolute atomic E-state index is 14.0. The van der Waals surface area contributed by atoms with Gasteiger partial charge in [0.25, 0.3) is 5.56 Å². The molecule has 0 atom stereocenters. The first-order valence-electron chi connectivity index (χ1n) is 14.7. The van der Waals surface area contributed by atoms with Crippen LogP contribution >= 0.6 is 0 Å². The summed E-state index contributed by atoms with van der Waals surface area (Å²) in [5.74, 6) is -0.814. The quantitative estimate of drug-likeness (QED) is 0.154. The Morgan fingerprint density at radius 1 is 0.848 bits per heavy atom. The Hall–Kier alpha value is -5.84. The number of nitrogens with zero attached hydrogens (tertiary/aromatic N) is 4. The molecular weight excluding hydrogens is 591 g/mol. The Labute approximate surface area is 261 Å². The maximum Gasteiger partial charge on any atom is 0.337 e. The number of hydrogen-bond donors (Lipinski definition) is 0. The molecule has 0 spiro atoms. The van der Waals surface area contributed by atoms with Crippen LogP contribution in [0.5, 0.6) is 5.75 Å². The summed E-state index contributed by atoms with van der Waals surface area (Å²) in [6, 6.07) is 22.3. The van der Waals surface area contributed by atoms with Crippen molar-refractivity contribution in [1.29, 1.82) is 0 Å². The van der Waals surface area contributed by atoms with E-state index in [9.17, 15) is 23.6 Å². The molecule has 3 heterocycles. The van der Waals surface area contributed by atoms with Crippen LogP contribution in [-0.2, 0) is 17.8 Å². The first-order valence-corrected chi connectivity index (χ1v) is 14.7. The highest BCUT2D eigenvalue weighted by molar-refractivity contribution is 6.09. The second kappa shape index (κ2) is 12.6. The van der Waals surface area contributed by atoms with Gasteiger partial charge in [0.15, 0.2) is 5.82 Å². The zero-order valence-corrected chi connectivity index (χ0v) is 25.1. The predicted octanol–water partition coefficient (Wildman–Crippen LogP) is 5.12. The number of halogens is 1. The van der Waals surface area contributed by atoms with Gasteiger partial charge in [-0.2, -0.15) is 0 Å². The molecule has 0 unspecified atom stereocenters. The predicted molar refractivity (Wildman–Crippen MR) is 170 cm³/mol. The molecule has 0 amide bonds. The second-order valence-electron chi connectivity index (χ2n) is 10.6. The van der Waals surface area contributed by atoms with Crippen LogP contribution in [0.2, 0.25) is 0 Å². The van der Waals surface area contributed by atoms with Crippen LogP contribution in [0.25, 0.3) is 27.7 Å². The van der Waals surface area contributed by atoms with Crippen LogP contribution in [-0.4, -0.2) is 44.0 Å². The minimum atomic E-state index is -0.557. The Balaban J connectivity index is 1.41. The van der Waals surface area contributed by atoms with E-state index in [1.54, 1.807) is 53.1 Å². The molecule has 0 aliphatic rings. The average molecular weight is 621 g/mol. The highest BCUT2D eigenvalue weighted by Gasteiger charge is 2.22. The summed E-state index contributed by atoms with van der Waals surface area (Å²) in [6.07, 6.45) is 2.36. The molecule has 0 aliphatic heterocycles. The van der Waals surface area contributed by atoms with E-state index in [1.165, 1.54) is 42.0 Å². The Morgan fingerprint density at radius 3 is 2.41 bits per heavy atom. The molecule has 6 aromatic rings. The van der Waals surface area contributed by atoms with E-state index in [1.807, 2.05) is 19.1 Å². The highest BCUT2D eigenvalue weighted by atomic mass is 19.1. The third kappa shape index (κ3) is 5.58. The van der Waals surface area contributed by atoms with Crippen LogP contribution in [0.15, 0.2) is 101 Å². The summed E-state index contributed by atoms with van der Waals surface area (Å²) in [6.45, 7) is 2.23. The van der Waals surface area contributed by atoms with E-state index in [0.717, 1.165) is 4.57 Å². The summed E-state index contributed by atoms with van der Waals surface area (Å²) in [5, 5.41) is 0.201. The first-order chi connectivity index (χ1) is 22.3. The second-order valence-corrected chi connectivity index (χ2v) is 10.6. The van der Waals surface area contributed by atoms with Gasteiger partial charge in [0.05, 0.1) is 41.3 Å². The molecular formula is C35H29FN4O6. The number of hydrogen-bond acceptors (Lipinski definition) is 7. The fourth-order valence-electron chi connectivity index (χ4n) is 5.44. The highest BCUT2D eigenvalue weighted by Crippen LogP contribution is 2.27. The monoisotopic (exact) mass is 620 g/mol. The smallest absolute Gasteiger partial charge is 0.337 e. The molecule has 0 saturated heterocycles. The number of aromatic nitrogens is 4. The van der Waals surface area contributed by atoms with Gasteiger partial charge in [-0.3, -0.25) is 23.1 Å². The normalized spacial score (nSPS) is 11.2. The number of rotatable bonds is 10. The molecule has 46 heavy (non-hydrogen) atoms. The molecule has 6 rings (SSSR count). The fourth-order valence-corrected chi connectivity index (χ4v) is 5.44. The van der Waals surface area contributed by atoms with Crippen molar-refractivity contribution >= 4 is 28.2 Å². The third-order valence-corrected chi connectivity index (χ3v) is 7.64. The molecule has 0 fully saturated rings. The van der Waals surface area contributed by atoms with Crippen molar-refractivity contribution in [2.75, 3.05) is 13.7 Å². The minimum Gasteiger partial charge on any atom is -0.492 e. The molecule has 0 radical (unpaired) electrons. The number of benzene rings is 3. The van der Waals surface area contributed by atoms with Crippen LogP contribution in [0.3, 0.4) is 0 Å². The summed E-state index contributed by atoms with van der Waals surface area (Å²) >= 11 is 0. The minimum absolute atomic E-state index is 0.00292. The van der Waals surface area contributed by atoms with Gasteiger partial charge in [-0.15, -0.1) is 0 Å². The standard InChI is InChI=1S/C35H29FN4O6/c1-3-16-39-28-15-10-23(21-27(28)33(42)40(35(39)44)18-19-46-26-13-11-25(36)12-14-26)31(41)32-37-30(29-9-4-5-17-38(29)32)22-7-6-8-24(20-22)34(43)45-2/h4-15,17,20-21H,3,16,18-19H2,1-2H3. The van der Waals surface area contributed by atoms with Crippen LogP contribution in [0, 0.1) is 5.82 Å². The van der Waals surface area contributed by atoms with Gasteiger partial charge in [0.1, 0.15) is 18.2 Å². The van der Waals surface area contributed by atoms with Gasteiger partial charge >= 0.3 is 11.7 Å². The molecule has 0 saturated carbocycles. The zero-order valence-electron chi connectivity index (χ0n) is 25.1. The Kier molecular flexibility index (Phi) is 8.30. The van der Waals surface area contributed by atoms with Gasteiger partial charge in [0, 0.05) is 23.9 Å². The number of ether oxygens (including phenoxy) is 2. The van der Waals surface area contributed by atoms with Crippen LogP contribution in [0.1, 0.15) is 39.9 Å². The summed E-state index contributed by atoms with van der Waals surface area (Å²) in [5.41, 5.74) is 1.70. The van der Waals surface area contributed by atoms with E-state index < -0.39 is 28.8 Å². The van der Waals surface area contributed by atoms with Crippen LogP contribution < -0.4 is 16.0 Å². The topological polar surface area (TPSA) is 114 Å². The molecule has 3 aromatic carbocycles. The molecule has 0 bridgehead atoms. The van der Waals surface area contributed by atoms with Crippen molar-refractivity contribution in [3.63, 3.8) is 0 Å². The number of methoxy groups -OCH3 is 1. The fraction of sp³-hybridized carbons (Fsp3) is 0.171. The summed E-state index contributed by atoms with van der Waals surface area (Å²) < 4.78 is 28.0. The molecule has 11 heteroatoms. The largest absolute Gasteiger partial charge is 0.492 e. The van der Waals surface area contributed by atoms with Crippen molar-refractivity contribution in [2.45, 2.75) is 26.4 Å². The lowest BCUT2D eigenvalue weighted by molar-refractivity contribution is 0.0600. The summed E-state index contributed by atoms with van der Waals surface area (Å²) in [4.78, 5) is 58.0. The first kappa shape index (κ1) is 30.2. The number of aryl methyl sites for hydroxylation is 1. The lowest BCUT2D eigenvalue weighted by Crippen LogP contribution is -2.41. The number of imidazole rings is 1. The third-order valence-electron chi connectivity index (χ3n) is 7.64. The lowest BCUT2D eigenvalue weighted by Gasteiger charge is -2.14. The number of esters is 1. The Bertz CT molecular complexity index is 2230. The maximum atomic E-state index is 14.0. The molecule has 3 aromatic heterocycles. The molecule has 0 N–H and O–H groups in total. The Morgan fingerprint density at radius 2 is 1.65 bits per heavy atom. The van der Waals surface area contributed by atoms with Crippen molar-refractivity contribution < 1.29 is 23.5 Å². The lowest BCUT2D eigenvalue weighted by atomic mass is 10.1. The number of pyridine rings is 1. The van der Waals surface area contributed by atoms with Crippen LogP contribution in [0.4, 0.5) is 4.39 Å². The number of carbonyl (C=O) groups is 2. The van der Waals surface area contributed by atoms with Crippen molar-refractivity contribution in [3.05, 3.63) is 135 Å². The van der Waals surface area contributed by atoms with Gasteiger partial charge in [0.2, 0.25) is 5.78 Å². The molecule has 232 valence electrons. The average Bonchev–Trinajstić information content (AvgIpc) is 3.48. The van der Waals surface area contributed by atoms with E-state index >= 15 is 0 Å². The van der Waals surface area contributed by atoms with Crippen molar-refractivity contribution in [2.24, 2.45) is 0 Å². The van der Waals surface area contributed by atoms with Gasteiger partial charge in [-0.05, 0) is 73.2 Å². The molecule has 10 nitrogen and oxygen atoms in total. The van der Waals surface area contributed by atoms with Crippen molar-refractivity contribution in [3.8, 4) is 17.0 Å². The van der Waals surface area contributed by atoms with E-state index in [0.29, 0.717) is 46.6 Å². The van der Waals surface area contributed by atoms with Crippen molar-refractivity contribution in [1.82, 2.24) is 18.5 Å². The van der Waals surface area contributed by atoms with E-state index in [-0.39, 0.29) is 29.9 Å². The number of carbonyl (C=O) groups excluding carboxylic acids is 2. The van der Waals surface area contributed by atoms with Gasteiger partial charge < -0.3 is 9.47 Å². The van der Waals surface area contributed by atoms with E-state index in [4.69, 9.17) is 14.5 Å². The zero-order chi connectivity index (χ0) is 32.4. The van der Waals surface area contributed by atoms with Gasteiger partial charge in [-0.25, -0.2) is 19.0 Å². The SMILES string of the molecule is CCCn1c(=O)n(CCOc2ccc(F)cc2)c(=O)c2cc(C(=O)c3nc(-c4cccc(C(=O)OC)c4)c4ccccn34)ccc21. The molecule has 0 aliphatic carbocycles.